The van der Waals surface area contributed by atoms with Gasteiger partial charge in [-0.3, -0.25) is 4.79 Å². The van der Waals surface area contributed by atoms with Crippen LogP contribution in [0.3, 0.4) is 0 Å². The van der Waals surface area contributed by atoms with Crippen molar-refractivity contribution in [2.75, 3.05) is 6.54 Å². The fourth-order valence-corrected chi connectivity index (χ4v) is 1.17. The molecule has 0 fully saturated rings. The molecule has 0 amide bonds. The Hall–Kier alpha value is -1.56. The summed E-state index contributed by atoms with van der Waals surface area (Å²) in [6.45, 7) is -0.392. The molecule has 0 radical (unpaired) electrons. The lowest BCUT2D eigenvalue weighted by molar-refractivity contribution is -0.138. The Morgan fingerprint density at radius 3 is 2.27 bits per heavy atom. The molecule has 15 heavy (non-hydrogen) atoms. The lowest BCUT2D eigenvalue weighted by Crippen LogP contribution is -2.22. The monoisotopic (exact) mass is 219 g/mol. The summed E-state index contributed by atoms with van der Waals surface area (Å²) in [6, 6.07) is 0.812. The Bertz CT molecular complexity index is 395. The van der Waals surface area contributed by atoms with Crippen molar-refractivity contribution in [2.24, 2.45) is 5.73 Å². The van der Waals surface area contributed by atoms with Gasteiger partial charge in [0.05, 0.1) is 5.92 Å². The highest BCUT2D eigenvalue weighted by atomic mass is 19.2. The lowest BCUT2D eigenvalue weighted by atomic mass is 9.98. The summed E-state index contributed by atoms with van der Waals surface area (Å²) in [7, 11) is 0. The quantitative estimate of drug-likeness (QED) is 0.751. The van der Waals surface area contributed by atoms with Gasteiger partial charge in [0, 0.05) is 18.2 Å². The molecular formula is C9H8F3NO2. The Labute approximate surface area is 83.3 Å². The maximum Gasteiger partial charge on any atom is 0.312 e. The van der Waals surface area contributed by atoms with Gasteiger partial charge in [-0.15, -0.1) is 0 Å². The fraction of sp³-hybridized carbons (Fsp3) is 0.222. The third-order valence-corrected chi connectivity index (χ3v) is 1.95. The number of carboxylic acids is 1. The second kappa shape index (κ2) is 4.31. The van der Waals surface area contributed by atoms with Gasteiger partial charge in [-0.2, -0.15) is 0 Å². The smallest absolute Gasteiger partial charge is 0.312 e. The van der Waals surface area contributed by atoms with Gasteiger partial charge in [0.1, 0.15) is 5.82 Å². The molecule has 0 saturated heterocycles. The van der Waals surface area contributed by atoms with Crippen molar-refractivity contribution in [3.05, 3.63) is 35.1 Å². The molecule has 0 heterocycles. The zero-order chi connectivity index (χ0) is 11.6. The number of aliphatic carboxylic acids is 1. The van der Waals surface area contributed by atoms with Crippen LogP contribution < -0.4 is 5.73 Å². The van der Waals surface area contributed by atoms with Gasteiger partial charge in [0.2, 0.25) is 0 Å². The van der Waals surface area contributed by atoms with E-state index in [2.05, 4.69) is 0 Å². The molecule has 1 aromatic rings. The van der Waals surface area contributed by atoms with Crippen molar-refractivity contribution in [1.82, 2.24) is 0 Å². The van der Waals surface area contributed by atoms with Crippen LogP contribution in [-0.4, -0.2) is 17.6 Å². The minimum absolute atomic E-state index is 0.302. The molecule has 0 saturated carbocycles. The molecule has 82 valence electrons. The largest absolute Gasteiger partial charge is 0.481 e. The summed E-state index contributed by atoms with van der Waals surface area (Å²) in [5.41, 5.74) is 4.64. The van der Waals surface area contributed by atoms with E-state index in [4.69, 9.17) is 10.8 Å². The Kier molecular flexibility index (Phi) is 3.31. The highest BCUT2D eigenvalue weighted by molar-refractivity contribution is 5.76. The van der Waals surface area contributed by atoms with Crippen LogP contribution in [-0.2, 0) is 4.79 Å². The van der Waals surface area contributed by atoms with Crippen LogP contribution in [0.4, 0.5) is 13.2 Å². The first-order valence-electron chi connectivity index (χ1n) is 4.04. The molecule has 0 spiro atoms. The third-order valence-electron chi connectivity index (χ3n) is 1.95. The van der Waals surface area contributed by atoms with Crippen molar-refractivity contribution in [3.63, 3.8) is 0 Å². The first-order chi connectivity index (χ1) is 6.97. The molecule has 0 aromatic heterocycles. The second-order valence-electron chi connectivity index (χ2n) is 2.91. The maximum absolute atomic E-state index is 13.1. The van der Waals surface area contributed by atoms with E-state index < -0.39 is 41.4 Å². The molecule has 1 atom stereocenters. The third kappa shape index (κ3) is 2.27. The van der Waals surface area contributed by atoms with Crippen LogP contribution in [0.1, 0.15) is 11.5 Å². The summed E-state index contributed by atoms with van der Waals surface area (Å²) in [4.78, 5) is 10.6. The van der Waals surface area contributed by atoms with Gasteiger partial charge in [0.15, 0.2) is 11.6 Å². The molecule has 0 aliphatic carbocycles. The number of hydrogen-bond acceptors (Lipinski definition) is 2. The molecule has 0 bridgehead atoms. The topological polar surface area (TPSA) is 63.3 Å². The number of halogens is 3. The molecule has 1 aromatic carbocycles. The molecular weight excluding hydrogens is 211 g/mol. The van der Waals surface area contributed by atoms with Gasteiger partial charge >= 0.3 is 5.97 Å². The molecule has 6 heteroatoms. The van der Waals surface area contributed by atoms with E-state index in [1.807, 2.05) is 0 Å². The highest BCUT2D eigenvalue weighted by Crippen LogP contribution is 2.21. The van der Waals surface area contributed by atoms with E-state index >= 15 is 0 Å². The first-order valence-corrected chi connectivity index (χ1v) is 4.04. The van der Waals surface area contributed by atoms with Crippen molar-refractivity contribution in [3.8, 4) is 0 Å². The van der Waals surface area contributed by atoms with E-state index in [0.717, 1.165) is 0 Å². The molecule has 3 N–H and O–H groups in total. The summed E-state index contributed by atoms with van der Waals surface area (Å²) in [6.07, 6.45) is 0. The predicted molar refractivity (Wildman–Crippen MR) is 45.7 cm³/mol. The van der Waals surface area contributed by atoms with Crippen LogP contribution in [0.5, 0.6) is 0 Å². The van der Waals surface area contributed by atoms with Gasteiger partial charge in [-0.25, -0.2) is 13.2 Å². The number of nitrogens with two attached hydrogens (primary N) is 1. The van der Waals surface area contributed by atoms with E-state index in [-0.39, 0.29) is 0 Å². The van der Waals surface area contributed by atoms with Crippen LogP contribution >= 0.6 is 0 Å². The fourth-order valence-electron chi connectivity index (χ4n) is 1.17. The standard InChI is InChI=1S/C9H8F3NO2/c10-6-2-8(12)7(11)1-4(6)5(3-13)9(14)15/h1-2,5H,3,13H2,(H,14,15). The lowest BCUT2D eigenvalue weighted by Gasteiger charge is -2.11. The SMILES string of the molecule is NCC(C(=O)O)c1cc(F)c(F)cc1F. The summed E-state index contributed by atoms with van der Waals surface area (Å²) in [5, 5.41) is 8.65. The number of carbonyl (C=O) groups is 1. The van der Waals surface area contributed by atoms with Crippen LogP contribution in [0.2, 0.25) is 0 Å². The number of rotatable bonds is 3. The van der Waals surface area contributed by atoms with Gasteiger partial charge in [0.25, 0.3) is 0 Å². The second-order valence-corrected chi connectivity index (χ2v) is 2.91. The molecule has 0 aliphatic heterocycles. The van der Waals surface area contributed by atoms with E-state index in [0.29, 0.717) is 12.1 Å². The van der Waals surface area contributed by atoms with Crippen molar-refractivity contribution < 1.29 is 23.1 Å². The van der Waals surface area contributed by atoms with Crippen molar-refractivity contribution in [1.29, 1.82) is 0 Å². The first kappa shape index (κ1) is 11.5. The average Bonchev–Trinajstić information content (AvgIpc) is 2.14. The Morgan fingerprint density at radius 2 is 1.80 bits per heavy atom. The molecule has 0 aliphatic rings. The zero-order valence-electron chi connectivity index (χ0n) is 7.51. The van der Waals surface area contributed by atoms with Crippen LogP contribution in [0.15, 0.2) is 12.1 Å². The van der Waals surface area contributed by atoms with Crippen molar-refractivity contribution in [2.45, 2.75) is 5.92 Å². The van der Waals surface area contributed by atoms with Gasteiger partial charge in [-0.1, -0.05) is 0 Å². The average molecular weight is 219 g/mol. The molecule has 3 nitrogen and oxygen atoms in total. The summed E-state index contributed by atoms with van der Waals surface area (Å²) >= 11 is 0. The Balaban J connectivity index is 3.24. The summed E-state index contributed by atoms with van der Waals surface area (Å²) in [5.74, 6) is -6.54. The van der Waals surface area contributed by atoms with E-state index in [9.17, 15) is 18.0 Å². The number of benzene rings is 1. The minimum Gasteiger partial charge on any atom is -0.481 e. The zero-order valence-corrected chi connectivity index (χ0v) is 7.51. The highest BCUT2D eigenvalue weighted by Gasteiger charge is 2.23. The van der Waals surface area contributed by atoms with E-state index in [1.54, 1.807) is 0 Å². The molecule has 1 rings (SSSR count). The van der Waals surface area contributed by atoms with Crippen LogP contribution in [0.25, 0.3) is 0 Å². The van der Waals surface area contributed by atoms with Crippen LogP contribution in [0, 0.1) is 17.5 Å². The molecule has 1 unspecified atom stereocenters. The minimum atomic E-state index is -1.39. The predicted octanol–water partition coefficient (Wildman–Crippen LogP) is 1.23. The maximum atomic E-state index is 13.1. The van der Waals surface area contributed by atoms with Gasteiger partial charge < -0.3 is 10.8 Å². The number of carboxylic acid groups (broad SMARTS) is 1. The van der Waals surface area contributed by atoms with E-state index in [1.165, 1.54) is 0 Å². The summed E-state index contributed by atoms with van der Waals surface area (Å²) < 4.78 is 38.4. The normalized spacial score (nSPS) is 12.5. The van der Waals surface area contributed by atoms with Crippen molar-refractivity contribution >= 4 is 5.97 Å². The number of hydrogen-bond donors (Lipinski definition) is 2. The Morgan fingerprint density at radius 1 is 1.27 bits per heavy atom. The van der Waals surface area contributed by atoms with Gasteiger partial charge in [-0.05, 0) is 6.07 Å².